The third-order valence-electron chi connectivity index (χ3n) is 22.2. The Morgan fingerprint density at radius 1 is 0.403 bits per heavy atom. The highest BCUT2D eigenvalue weighted by atomic mass is 16.7. The predicted molar refractivity (Wildman–Crippen MR) is 463 cm³/mol. The molecular formula is C92H135N7O30. The number of hydrogen-bond donors (Lipinski definition) is 6. The summed E-state index contributed by atoms with van der Waals surface area (Å²) in [6.07, 6.45) is -6.29. The topological polar surface area (TPSA) is 464 Å². The smallest absolute Gasteiger partial charge is 0.303 e. The molecule has 6 N–H and O–H groups in total. The molecule has 129 heavy (non-hydrogen) atoms. The number of methoxy groups -OCH3 is 2. The maximum absolute atomic E-state index is 14.6. The number of aliphatic hydroxyl groups is 1. The molecule has 16 atom stereocenters. The minimum Gasteiger partial charge on any atom is -0.497 e. The number of Topliss-reactive ketones (excluding diaryl/α,β-unsaturated/α-hetero) is 1. The van der Waals surface area contributed by atoms with Crippen molar-refractivity contribution >= 4 is 82.9 Å². The van der Waals surface area contributed by atoms with Gasteiger partial charge in [0.25, 0.3) is 0 Å². The summed E-state index contributed by atoms with van der Waals surface area (Å²) in [5.74, 6) is -6.67. The number of carbonyl (C=O) groups excluding carboxylic acids is 14. The number of unbranched alkanes of at least 4 members (excludes halogenated alkanes) is 4. The molecule has 3 saturated heterocycles. The van der Waals surface area contributed by atoms with Crippen LogP contribution in [-0.4, -0.2) is 277 Å². The van der Waals surface area contributed by atoms with E-state index in [9.17, 15) is 72.2 Å². The van der Waals surface area contributed by atoms with Crippen molar-refractivity contribution in [2.24, 2.45) is 17.8 Å². The largest absolute Gasteiger partial charge is 0.497 e. The molecule has 3 aromatic carbocycles. The van der Waals surface area contributed by atoms with Crippen LogP contribution in [0.25, 0.3) is 0 Å². The van der Waals surface area contributed by atoms with Gasteiger partial charge in [0, 0.05) is 178 Å². The third-order valence-corrected chi connectivity index (χ3v) is 22.2. The fourth-order valence-corrected chi connectivity index (χ4v) is 15.7. The molecule has 6 rings (SSSR count). The normalized spacial score (nSPS) is 22.1. The molecule has 3 aliphatic rings. The number of ether oxygens (including phenoxy) is 15. The van der Waals surface area contributed by atoms with E-state index in [0.717, 1.165) is 16.7 Å². The van der Waals surface area contributed by atoms with Crippen molar-refractivity contribution < 1.29 is 143 Å². The van der Waals surface area contributed by atoms with Crippen LogP contribution in [0.3, 0.4) is 0 Å². The van der Waals surface area contributed by atoms with Gasteiger partial charge in [-0.05, 0) is 105 Å². The maximum atomic E-state index is 14.6. The van der Waals surface area contributed by atoms with Crippen molar-refractivity contribution in [3.05, 3.63) is 95.6 Å². The molecule has 0 saturated carbocycles. The maximum Gasteiger partial charge on any atom is 0.303 e. The first kappa shape index (κ1) is 107. The van der Waals surface area contributed by atoms with E-state index in [-0.39, 0.29) is 166 Å². The molecule has 37 heteroatoms. The molecule has 0 bridgehead atoms. The zero-order valence-electron chi connectivity index (χ0n) is 76.9. The summed E-state index contributed by atoms with van der Waals surface area (Å²) in [4.78, 5) is 182. The minimum atomic E-state index is -1.28. The van der Waals surface area contributed by atoms with Crippen molar-refractivity contribution in [3.63, 3.8) is 0 Å². The van der Waals surface area contributed by atoms with Crippen molar-refractivity contribution in [2.45, 2.75) is 271 Å². The fraction of sp³-hybridized carbons (Fsp3) is 0.652. The van der Waals surface area contributed by atoms with Gasteiger partial charge in [-0.2, -0.15) is 0 Å². The van der Waals surface area contributed by atoms with E-state index < -0.39 is 157 Å². The number of esters is 6. The minimum absolute atomic E-state index is 0.0362. The SMILES string of the molecule is COc1ccc(C(OCC(O)CNC(=O)CCC(=O)N(CCCNC(=O)CCCCO[C@@H]2OC(COC(C)=O)[C@H](OC(C)=O)[C@H](C)C2NC(C)=O)CCCN(CCCCC(=O)CCCCO[C@@H]2OC(COC(C)=O)[C@H](OC(C)=O)[C@H](C)C2NC(C)=O)C(=O)CCCCO[C@@H]2OC(COC(C)=O)[C@H](OC(C)=O)[C@H](C)C2NC(C)=O)(c2ccccc2)c2ccc(OC)cc2)cc1. The molecule has 3 aromatic rings. The highest BCUT2D eigenvalue weighted by molar-refractivity contribution is 5.84. The third kappa shape index (κ3) is 36.9. The van der Waals surface area contributed by atoms with E-state index in [1.807, 2.05) is 78.9 Å². The molecule has 0 spiro atoms. The second kappa shape index (κ2) is 56.3. The molecule has 3 fully saturated rings. The lowest BCUT2D eigenvalue weighted by atomic mass is 9.80. The number of carbonyl (C=O) groups is 14. The van der Waals surface area contributed by atoms with Gasteiger partial charge in [-0.3, -0.25) is 67.1 Å². The van der Waals surface area contributed by atoms with Crippen LogP contribution in [-0.2, 0) is 134 Å². The number of nitrogens with one attached hydrogen (secondary N) is 5. The van der Waals surface area contributed by atoms with E-state index in [1.165, 1.54) is 62.3 Å². The van der Waals surface area contributed by atoms with Crippen LogP contribution >= 0.6 is 0 Å². The summed E-state index contributed by atoms with van der Waals surface area (Å²) in [5, 5.41) is 25.8. The van der Waals surface area contributed by atoms with Gasteiger partial charge in [-0.1, -0.05) is 75.4 Å². The summed E-state index contributed by atoms with van der Waals surface area (Å²) in [6.45, 7) is 16.3. The highest BCUT2D eigenvalue weighted by Gasteiger charge is 2.50. The van der Waals surface area contributed by atoms with Crippen molar-refractivity contribution in [2.75, 3.05) is 99.7 Å². The van der Waals surface area contributed by atoms with Gasteiger partial charge >= 0.3 is 35.8 Å². The Morgan fingerprint density at radius 3 is 1.15 bits per heavy atom. The Balaban J connectivity index is 1.14. The van der Waals surface area contributed by atoms with Gasteiger partial charge in [0.15, 0.2) is 18.9 Å². The summed E-state index contributed by atoms with van der Waals surface area (Å²) < 4.78 is 87.3. The molecular weight excluding hydrogens is 1680 g/mol. The average Bonchev–Trinajstić information content (AvgIpc) is 0.747. The van der Waals surface area contributed by atoms with Gasteiger partial charge in [-0.25, -0.2) is 0 Å². The van der Waals surface area contributed by atoms with Crippen molar-refractivity contribution in [3.8, 4) is 11.5 Å². The zero-order valence-corrected chi connectivity index (χ0v) is 76.9. The van der Waals surface area contributed by atoms with Crippen LogP contribution in [0.4, 0.5) is 0 Å². The van der Waals surface area contributed by atoms with Crippen LogP contribution in [0.15, 0.2) is 78.9 Å². The first-order chi connectivity index (χ1) is 61.5. The molecule has 0 aromatic heterocycles. The van der Waals surface area contributed by atoms with Gasteiger partial charge in [0.2, 0.25) is 41.4 Å². The number of benzene rings is 3. The van der Waals surface area contributed by atoms with Crippen molar-refractivity contribution in [1.82, 2.24) is 36.4 Å². The number of ketones is 1. The summed E-state index contributed by atoms with van der Waals surface area (Å²) >= 11 is 0. The number of amides is 7. The van der Waals surface area contributed by atoms with E-state index in [4.69, 9.17) is 71.1 Å². The Bertz CT molecular complexity index is 4010. The first-order valence-corrected chi connectivity index (χ1v) is 44.4. The Morgan fingerprint density at radius 2 is 0.760 bits per heavy atom. The van der Waals surface area contributed by atoms with Gasteiger partial charge < -0.3 is 113 Å². The Labute approximate surface area is 755 Å². The summed E-state index contributed by atoms with van der Waals surface area (Å²) in [6, 6.07) is 21.9. The fourth-order valence-electron chi connectivity index (χ4n) is 15.7. The summed E-state index contributed by atoms with van der Waals surface area (Å²) in [5.41, 5.74) is 0.912. The molecule has 7 amide bonds. The van der Waals surface area contributed by atoms with Crippen LogP contribution in [0.1, 0.15) is 203 Å². The van der Waals surface area contributed by atoms with Crippen molar-refractivity contribution in [1.29, 1.82) is 0 Å². The lowest BCUT2D eigenvalue weighted by Gasteiger charge is -2.44. The standard InChI is InChI=1S/C92H135N7O30/c1-57-83(95-60(4)100)89(127-76(54-120-63(7)103)86(57)124-66(10)106)117-49-23-19-31-72(109)30-18-22-45-98(81(113)33-21-25-51-119-91-85(97-62(6)102)59(3)88(126-68(12)108)78(129-91)56-122-65(9)105)47-27-48-99(46-26-44-93-79(111)32-20-24-50-118-90-84(96-61(5)101)58(2)87(125-67(11)107)77(128-90)55-121-64(8)104)82(114)43-42-80(112)94-52-73(110)53-123-92(69-28-16-15-17-29-69,70-34-38-74(115-13)39-35-70)71-36-40-75(116-14)41-37-71/h15-17,28-29,34-41,57-59,73,76-78,83-91,110H,18-27,30-33,42-56H2,1-14H3,(H,93,111)(H,94,112)(H,95,100)(H,96,101)(H,97,102)/t57-,58-,59-,73?,76?,77?,78?,83?,84?,85?,86-,87-,88-,89-,90-,91-/m1/s1. The number of aliphatic hydroxyl groups excluding tert-OH is 1. The molecule has 3 aliphatic heterocycles. The second-order valence-electron chi connectivity index (χ2n) is 32.6. The quantitative estimate of drug-likeness (QED) is 0.0158. The van der Waals surface area contributed by atoms with Crippen LogP contribution < -0.4 is 36.1 Å². The molecule has 37 nitrogen and oxygen atoms in total. The van der Waals surface area contributed by atoms with Crippen LogP contribution in [0.5, 0.6) is 11.5 Å². The molecule has 3 heterocycles. The molecule has 7 unspecified atom stereocenters. The van der Waals surface area contributed by atoms with E-state index >= 15 is 0 Å². The number of rotatable bonds is 56. The van der Waals surface area contributed by atoms with Gasteiger partial charge in [0.05, 0.1) is 45.1 Å². The lowest BCUT2D eigenvalue weighted by molar-refractivity contribution is -0.262. The molecule has 718 valence electrons. The summed E-state index contributed by atoms with van der Waals surface area (Å²) in [7, 11) is 3.13. The van der Waals surface area contributed by atoms with Crippen LogP contribution in [0.2, 0.25) is 0 Å². The first-order valence-electron chi connectivity index (χ1n) is 44.4. The number of hydrogen-bond acceptors (Lipinski definition) is 30. The predicted octanol–water partition coefficient (Wildman–Crippen LogP) is 6.20. The Kier molecular flexibility index (Phi) is 46.9. The number of nitrogens with zero attached hydrogens (tertiary/aromatic N) is 2. The Hall–Kier alpha value is -10.3. The monoisotopic (exact) mass is 1820 g/mol. The van der Waals surface area contributed by atoms with E-state index in [1.54, 1.807) is 44.8 Å². The molecule has 0 radical (unpaired) electrons. The van der Waals surface area contributed by atoms with Crippen LogP contribution in [0, 0.1) is 17.8 Å². The van der Waals surface area contributed by atoms with Gasteiger partial charge in [0.1, 0.15) is 79.3 Å². The molecule has 0 aliphatic carbocycles. The lowest BCUT2D eigenvalue weighted by Crippen LogP contribution is -2.62. The van der Waals surface area contributed by atoms with Gasteiger partial charge in [-0.15, -0.1) is 0 Å². The highest BCUT2D eigenvalue weighted by Crippen LogP contribution is 2.42. The zero-order chi connectivity index (χ0) is 94.7. The van der Waals surface area contributed by atoms with E-state index in [0.29, 0.717) is 62.9 Å². The average molecular weight is 1820 g/mol. The van der Waals surface area contributed by atoms with E-state index in [2.05, 4.69) is 26.6 Å². The second-order valence-corrected chi connectivity index (χ2v) is 32.6.